The summed E-state index contributed by atoms with van der Waals surface area (Å²) in [6, 6.07) is 0. The van der Waals surface area contributed by atoms with Crippen molar-refractivity contribution in [3.05, 3.63) is 0 Å². The predicted octanol–water partition coefficient (Wildman–Crippen LogP) is 3.57. The number of hydrogen-bond acceptors (Lipinski definition) is 0. The molecule has 0 unspecified atom stereocenters. The van der Waals surface area contributed by atoms with Crippen LogP contribution in [0.5, 0.6) is 0 Å². The Hall–Kier alpha value is 0.540. The smallest absolute Gasteiger partial charge is 0.0967 e. The number of halogens is 2. The second-order valence-electron chi connectivity index (χ2n) is 2.16. The molecule has 2 N–H and O–H groups in total. The molecule has 0 amide bonds. The monoisotopic (exact) mass is 202 g/mol. The lowest BCUT2D eigenvalue weighted by Gasteiger charge is -1.90. The maximum atomic E-state index is 4.76. The van der Waals surface area contributed by atoms with Gasteiger partial charge in [0.15, 0.2) is 0 Å². The van der Waals surface area contributed by atoms with Crippen LogP contribution in [0.3, 0.4) is 0 Å². The average Bonchev–Trinajstić information content (AvgIpc) is 1.91. The van der Waals surface area contributed by atoms with Crippen molar-refractivity contribution in [1.29, 1.82) is 0 Å². The van der Waals surface area contributed by atoms with Gasteiger partial charge in [-0.05, 0) is 0 Å². The van der Waals surface area contributed by atoms with Gasteiger partial charge in [0.05, 0.1) is 5.34 Å². The van der Waals surface area contributed by atoms with Crippen LogP contribution in [0.4, 0.5) is 0 Å². The van der Waals surface area contributed by atoms with Crippen LogP contribution >= 0.6 is 23.2 Å². The highest BCUT2D eigenvalue weighted by molar-refractivity contribution is 6.40. The first-order valence-electron chi connectivity index (χ1n) is 3.95. The van der Waals surface area contributed by atoms with Gasteiger partial charge in [0.2, 0.25) is 0 Å². The summed E-state index contributed by atoms with van der Waals surface area (Å²) < 4.78 is 0. The van der Waals surface area contributed by atoms with Crippen LogP contribution in [0.15, 0.2) is 0 Å². The molecule has 0 aromatic carbocycles. The summed E-state index contributed by atoms with van der Waals surface area (Å²) in [7, 11) is 0. The molecule has 0 heterocycles. The Kier molecular flexibility index (Phi) is 35.8. The molecule has 0 aliphatic heterocycles. The fourth-order valence-corrected chi connectivity index (χ4v) is 0.677. The number of hydrogen-bond donors (Lipinski definition) is 0. The molecule has 0 fully saturated rings. The number of unbranched alkanes of at least 4 members (excludes halogenated alkanes) is 4. The zero-order valence-electron chi connectivity index (χ0n) is 7.50. The Morgan fingerprint density at radius 2 is 1.09 bits per heavy atom. The minimum atomic E-state index is 0. The normalized spacial score (nSPS) is 7.64. The molecule has 11 heavy (non-hydrogen) atoms. The molecule has 0 saturated heterocycles. The highest BCUT2D eigenvalue weighted by Gasteiger charge is 1.80. The maximum absolute atomic E-state index is 4.76. The summed E-state index contributed by atoms with van der Waals surface area (Å²) in [5.41, 5.74) is 0. The highest BCUT2D eigenvalue weighted by atomic mass is 35.5. The molecule has 0 rings (SSSR count). The summed E-state index contributed by atoms with van der Waals surface area (Å²) in [4.78, 5) is 0. The van der Waals surface area contributed by atoms with Crippen molar-refractivity contribution in [1.82, 2.24) is 0 Å². The topological polar surface area (TPSA) is 31.5 Å². The Morgan fingerprint density at radius 1 is 0.818 bits per heavy atom. The largest absolute Gasteiger partial charge is 0.412 e. The SMILES string of the molecule is CCCCCCC.ClCCl.O. The molecule has 0 atom stereocenters. The summed E-state index contributed by atoms with van der Waals surface area (Å²) in [6.07, 6.45) is 7.01. The third-order valence-electron chi connectivity index (χ3n) is 1.21. The zero-order valence-corrected chi connectivity index (χ0v) is 9.01. The van der Waals surface area contributed by atoms with E-state index >= 15 is 0 Å². The van der Waals surface area contributed by atoms with Crippen molar-refractivity contribution < 1.29 is 5.48 Å². The van der Waals surface area contributed by atoms with Crippen LogP contribution in [-0.4, -0.2) is 10.8 Å². The molecule has 0 aliphatic rings. The first-order valence-corrected chi connectivity index (χ1v) is 5.02. The molecule has 0 bridgehead atoms. The van der Waals surface area contributed by atoms with Gasteiger partial charge in [-0.15, -0.1) is 23.2 Å². The van der Waals surface area contributed by atoms with E-state index < -0.39 is 0 Å². The lowest BCUT2D eigenvalue weighted by molar-refractivity contribution is 0.656. The molecular weight excluding hydrogens is 183 g/mol. The second-order valence-corrected chi connectivity index (χ2v) is 2.97. The van der Waals surface area contributed by atoms with E-state index in [2.05, 4.69) is 13.8 Å². The lowest BCUT2D eigenvalue weighted by atomic mass is 10.2. The minimum Gasteiger partial charge on any atom is -0.412 e. The van der Waals surface area contributed by atoms with Gasteiger partial charge in [-0.1, -0.05) is 46.0 Å². The molecule has 0 saturated carbocycles. The van der Waals surface area contributed by atoms with Gasteiger partial charge in [-0.25, -0.2) is 0 Å². The minimum absolute atomic E-state index is 0. The van der Waals surface area contributed by atoms with Crippen LogP contribution in [0.2, 0.25) is 0 Å². The van der Waals surface area contributed by atoms with E-state index in [0.29, 0.717) is 0 Å². The van der Waals surface area contributed by atoms with Crippen LogP contribution in [0.25, 0.3) is 0 Å². The summed E-state index contributed by atoms with van der Waals surface area (Å²) in [5.74, 6) is 0. The van der Waals surface area contributed by atoms with Crippen molar-refractivity contribution in [2.24, 2.45) is 0 Å². The van der Waals surface area contributed by atoms with Gasteiger partial charge in [0.1, 0.15) is 0 Å². The molecule has 0 radical (unpaired) electrons. The summed E-state index contributed by atoms with van der Waals surface area (Å²) >= 11 is 9.53. The number of alkyl halides is 2. The standard InChI is InChI=1S/C7H16.CH2Cl2.H2O/c1-3-5-7-6-4-2;2-1-3;/h3-7H2,1-2H3;1H2;1H2. The van der Waals surface area contributed by atoms with Crippen LogP contribution in [0.1, 0.15) is 46.0 Å². The molecule has 0 aliphatic carbocycles. The van der Waals surface area contributed by atoms with Gasteiger partial charge in [0, 0.05) is 0 Å². The Balaban J connectivity index is -0.000000140. The first-order chi connectivity index (χ1) is 4.83. The molecular formula is C8H20Cl2O. The number of rotatable bonds is 4. The third kappa shape index (κ3) is 37.3. The fourth-order valence-electron chi connectivity index (χ4n) is 0.677. The van der Waals surface area contributed by atoms with E-state index in [1.165, 1.54) is 32.1 Å². The molecule has 1 nitrogen and oxygen atoms in total. The first kappa shape index (κ1) is 17.6. The molecule has 0 aromatic heterocycles. The van der Waals surface area contributed by atoms with Crippen LogP contribution in [-0.2, 0) is 0 Å². The van der Waals surface area contributed by atoms with Gasteiger partial charge in [0.25, 0.3) is 0 Å². The average molecular weight is 203 g/mol. The highest BCUT2D eigenvalue weighted by Crippen LogP contribution is 2.00. The van der Waals surface area contributed by atoms with E-state index in [0.717, 1.165) is 0 Å². The Morgan fingerprint density at radius 3 is 1.27 bits per heavy atom. The van der Waals surface area contributed by atoms with Crippen molar-refractivity contribution in [3.63, 3.8) is 0 Å². The maximum Gasteiger partial charge on any atom is 0.0967 e. The van der Waals surface area contributed by atoms with E-state index in [1.807, 2.05) is 0 Å². The predicted molar refractivity (Wildman–Crippen MR) is 54.6 cm³/mol. The van der Waals surface area contributed by atoms with Crippen molar-refractivity contribution in [3.8, 4) is 0 Å². The van der Waals surface area contributed by atoms with Crippen LogP contribution < -0.4 is 0 Å². The van der Waals surface area contributed by atoms with Crippen LogP contribution in [0, 0.1) is 0 Å². The Labute approximate surface area is 80.4 Å². The molecule has 0 spiro atoms. The lowest BCUT2D eigenvalue weighted by Crippen LogP contribution is -1.70. The Bertz CT molecular complexity index is 39.1. The molecule has 72 valence electrons. The van der Waals surface area contributed by atoms with Gasteiger partial charge in [-0.2, -0.15) is 0 Å². The fraction of sp³-hybridized carbons (Fsp3) is 1.00. The summed E-state index contributed by atoms with van der Waals surface area (Å²) in [5, 5.41) is 0.194. The van der Waals surface area contributed by atoms with Gasteiger partial charge >= 0.3 is 0 Å². The second kappa shape index (κ2) is 22.4. The molecule has 3 heteroatoms. The van der Waals surface area contributed by atoms with Crippen molar-refractivity contribution in [2.45, 2.75) is 46.0 Å². The van der Waals surface area contributed by atoms with E-state index in [4.69, 9.17) is 23.2 Å². The van der Waals surface area contributed by atoms with E-state index in [1.54, 1.807) is 0 Å². The summed E-state index contributed by atoms with van der Waals surface area (Å²) in [6.45, 7) is 4.49. The van der Waals surface area contributed by atoms with E-state index in [-0.39, 0.29) is 10.8 Å². The quantitative estimate of drug-likeness (QED) is 0.494. The van der Waals surface area contributed by atoms with Gasteiger partial charge < -0.3 is 5.48 Å². The van der Waals surface area contributed by atoms with Crippen molar-refractivity contribution in [2.75, 3.05) is 5.34 Å². The molecule has 0 aromatic rings. The third-order valence-corrected chi connectivity index (χ3v) is 1.21. The van der Waals surface area contributed by atoms with E-state index in [9.17, 15) is 0 Å². The van der Waals surface area contributed by atoms with Crippen molar-refractivity contribution >= 4 is 23.2 Å². The van der Waals surface area contributed by atoms with Gasteiger partial charge in [-0.3, -0.25) is 0 Å². The zero-order chi connectivity index (χ0) is 8.24.